The summed E-state index contributed by atoms with van der Waals surface area (Å²) in [6.45, 7) is 3.97. The van der Waals surface area contributed by atoms with Gasteiger partial charge in [0.25, 0.3) is 5.91 Å². The largest absolute Gasteiger partial charge is 0.398 e. The van der Waals surface area contributed by atoms with Gasteiger partial charge in [-0.15, -0.1) is 0 Å². The predicted molar refractivity (Wildman–Crippen MR) is 72.6 cm³/mol. The Morgan fingerprint density at radius 1 is 1.37 bits per heavy atom. The van der Waals surface area contributed by atoms with Gasteiger partial charge in [-0.1, -0.05) is 11.6 Å². The number of carbonyl (C=O) groups excluding carboxylic acids is 1. The maximum Gasteiger partial charge on any atom is 0.256 e. The molecule has 0 saturated carbocycles. The molecular formula is C14H16N4O. The monoisotopic (exact) mass is 256 g/mol. The Morgan fingerprint density at radius 2 is 2.21 bits per heavy atom. The van der Waals surface area contributed by atoms with Gasteiger partial charge in [0.05, 0.1) is 12.1 Å². The fraction of sp³-hybridized carbons (Fsp3) is 0.286. The average molecular weight is 256 g/mol. The summed E-state index contributed by atoms with van der Waals surface area (Å²) in [7, 11) is 0. The zero-order valence-corrected chi connectivity index (χ0v) is 10.8. The highest BCUT2D eigenvalue weighted by atomic mass is 16.2. The number of hydrogen-bond donors (Lipinski definition) is 1. The first kappa shape index (κ1) is 11.8. The minimum Gasteiger partial charge on any atom is -0.398 e. The molecule has 0 radical (unpaired) electrons. The molecule has 1 amide bonds. The van der Waals surface area contributed by atoms with Gasteiger partial charge in [0.2, 0.25) is 0 Å². The van der Waals surface area contributed by atoms with Crippen molar-refractivity contribution >= 4 is 11.6 Å². The highest BCUT2D eigenvalue weighted by Gasteiger charge is 2.23. The molecule has 5 nitrogen and oxygen atoms in total. The Hall–Kier alpha value is -2.30. The van der Waals surface area contributed by atoms with E-state index >= 15 is 0 Å². The molecule has 0 aliphatic carbocycles. The number of hydrogen-bond acceptors (Lipinski definition) is 3. The molecule has 0 bridgehead atoms. The molecule has 1 aromatic heterocycles. The Bertz CT molecular complexity index is 632. The number of nitrogen functional groups attached to an aromatic ring is 1. The van der Waals surface area contributed by atoms with Crippen molar-refractivity contribution < 1.29 is 4.79 Å². The zero-order chi connectivity index (χ0) is 13.4. The van der Waals surface area contributed by atoms with Crippen LogP contribution < -0.4 is 5.73 Å². The molecule has 1 aliphatic rings. The highest BCUT2D eigenvalue weighted by molar-refractivity contribution is 5.99. The summed E-state index contributed by atoms with van der Waals surface area (Å²) in [5.41, 5.74) is 8.06. The summed E-state index contributed by atoms with van der Waals surface area (Å²) >= 11 is 0. The van der Waals surface area contributed by atoms with Gasteiger partial charge < -0.3 is 15.2 Å². The van der Waals surface area contributed by atoms with Crippen molar-refractivity contribution in [2.24, 2.45) is 0 Å². The zero-order valence-electron chi connectivity index (χ0n) is 10.8. The van der Waals surface area contributed by atoms with Crippen LogP contribution in [0.4, 0.5) is 5.69 Å². The summed E-state index contributed by atoms with van der Waals surface area (Å²) < 4.78 is 2.07. The van der Waals surface area contributed by atoms with Crippen LogP contribution in [0.1, 0.15) is 21.7 Å². The summed E-state index contributed by atoms with van der Waals surface area (Å²) in [5.74, 6) is 0.904. The van der Waals surface area contributed by atoms with Gasteiger partial charge in [0.15, 0.2) is 0 Å². The number of aryl methyl sites for hydroxylation is 1. The third-order valence-corrected chi connectivity index (χ3v) is 3.47. The predicted octanol–water partition coefficient (Wildman–Crippen LogP) is 1.43. The molecule has 0 spiro atoms. The number of anilines is 1. The van der Waals surface area contributed by atoms with Crippen LogP contribution in [0, 0.1) is 6.92 Å². The first-order chi connectivity index (χ1) is 9.15. The van der Waals surface area contributed by atoms with Crippen molar-refractivity contribution in [2.75, 3.05) is 12.3 Å². The lowest BCUT2D eigenvalue weighted by Crippen LogP contribution is -2.38. The third-order valence-electron chi connectivity index (χ3n) is 3.47. The number of carbonyl (C=O) groups is 1. The van der Waals surface area contributed by atoms with E-state index in [1.807, 2.05) is 25.3 Å². The van der Waals surface area contributed by atoms with Crippen molar-refractivity contribution in [1.82, 2.24) is 14.5 Å². The third kappa shape index (κ3) is 2.07. The minimum absolute atomic E-state index is 0.0181. The van der Waals surface area contributed by atoms with Crippen LogP contribution in [-0.4, -0.2) is 26.9 Å². The topological polar surface area (TPSA) is 64.2 Å². The minimum atomic E-state index is -0.0181. The Labute approximate surface area is 111 Å². The molecule has 2 heterocycles. The molecule has 3 rings (SSSR count). The molecule has 19 heavy (non-hydrogen) atoms. The van der Waals surface area contributed by atoms with Crippen LogP contribution in [0.3, 0.4) is 0 Å². The first-order valence-electron chi connectivity index (χ1n) is 6.30. The standard InChI is InChI=1S/C14H16N4O/c1-10-2-3-12(15)11(8-10)14(19)18-7-6-17-5-4-16-13(17)9-18/h2-5,8H,6-7,9,15H2,1H3. The van der Waals surface area contributed by atoms with Crippen LogP contribution >= 0.6 is 0 Å². The molecule has 1 aliphatic heterocycles. The van der Waals surface area contributed by atoms with Gasteiger partial charge in [-0.3, -0.25) is 4.79 Å². The van der Waals surface area contributed by atoms with E-state index in [-0.39, 0.29) is 5.91 Å². The second-order valence-corrected chi connectivity index (χ2v) is 4.85. The van der Waals surface area contributed by atoms with Crippen molar-refractivity contribution in [1.29, 1.82) is 0 Å². The summed E-state index contributed by atoms with van der Waals surface area (Å²) in [5, 5.41) is 0. The van der Waals surface area contributed by atoms with Gasteiger partial charge in [0.1, 0.15) is 5.82 Å². The Balaban J connectivity index is 1.87. The van der Waals surface area contributed by atoms with Crippen molar-refractivity contribution in [3.8, 4) is 0 Å². The van der Waals surface area contributed by atoms with E-state index in [2.05, 4.69) is 9.55 Å². The van der Waals surface area contributed by atoms with E-state index in [0.717, 1.165) is 17.9 Å². The van der Waals surface area contributed by atoms with E-state index in [1.165, 1.54) is 0 Å². The molecule has 0 saturated heterocycles. The highest BCUT2D eigenvalue weighted by Crippen LogP contribution is 2.19. The van der Waals surface area contributed by atoms with Crippen LogP contribution in [0.25, 0.3) is 0 Å². The Kier molecular flexibility index (Phi) is 2.74. The van der Waals surface area contributed by atoms with Gasteiger partial charge in [-0.25, -0.2) is 4.98 Å². The smallest absolute Gasteiger partial charge is 0.256 e. The first-order valence-corrected chi connectivity index (χ1v) is 6.30. The normalized spacial score (nSPS) is 14.3. The van der Waals surface area contributed by atoms with E-state index in [4.69, 9.17) is 5.73 Å². The van der Waals surface area contributed by atoms with E-state index in [0.29, 0.717) is 24.3 Å². The lowest BCUT2D eigenvalue weighted by molar-refractivity contribution is 0.0708. The number of nitrogens with two attached hydrogens (primary N) is 1. The maximum atomic E-state index is 12.5. The lowest BCUT2D eigenvalue weighted by atomic mass is 10.1. The van der Waals surface area contributed by atoms with E-state index < -0.39 is 0 Å². The van der Waals surface area contributed by atoms with E-state index in [9.17, 15) is 4.79 Å². The number of rotatable bonds is 1. The molecule has 0 atom stereocenters. The fourth-order valence-corrected chi connectivity index (χ4v) is 2.37. The van der Waals surface area contributed by atoms with Crippen molar-refractivity contribution in [3.63, 3.8) is 0 Å². The summed E-state index contributed by atoms with van der Waals surface area (Å²) in [6, 6.07) is 5.54. The van der Waals surface area contributed by atoms with Gasteiger partial charge in [0, 0.05) is 31.2 Å². The second kappa shape index (κ2) is 4.42. The molecule has 1 aromatic carbocycles. The maximum absolute atomic E-state index is 12.5. The molecule has 0 fully saturated rings. The van der Waals surface area contributed by atoms with Gasteiger partial charge in [-0.05, 0) is 19.1 Å². The van der Waals surface area contributed by atoms with Crippen LogP contribution in [0.2, 0.25) is 0 Å². The number of imidazole rings is 1. The molecular weight excluding hydrogens is 240 g/mol. The Morgan fingerprint density at radius 3 is 3.05 bits per heavy atom. The second-order valence-electron chi connectivity index (χ2n) is 4.85. The average Bonchev–Trinajstić information content (AvgIpc) is 2.88. The van der Waals surface area contributed by atoms with Gasteiger partial charge >= 0.3 is 0 Å². The summed E-state index contributed by atoms with van der Waals surface area (Å²) in [4.78, 5) is 18.6. The number of fused-ring (bicyclic) bond motifs is 1. The number of nitrogens with zero attached hydrogens (tertiary/aromatic N) is 3. The molecule has 2 N–H and O–H groups in total. The lowest BCUT2D eigenvalue weighted by Gasteiger charge is -2.28. The van der Waals surface area contributed by atoms with E-state index in [1.54, 1.807) is 17.2 Å². The number of aromatic nitrogens is 2. The molecule has 98 valence electrons. The number of benzene rings is 1. The van der Waals surface area contributed by atoms with Crippen molar-refractivity contribution in [2.45, 2.75) is 20.0 Å². The van der Waals surface area contributed by atoms with Crippen LogP contribution in [-0.2, 0) is 13.1 Å². The molecule has 0 unspecified atom stereocenters. The van der Waals surface area contributed by atoms with Crippen LogP contribution in [0.15, 0.2) is 30.6 Å². The van der Waals surface area contributed by atoms with Crippen LogP contribution in [0.5, 0.6) is 0 Å². The summed E-state index contributed by atoms with van der Waals surface area (Å²) in [6.07, 6.45) is 3.71. The fourth-order valence-electron chi connectivity index (χ4n) is 2.37. The molecule has 2 aromatic rings. The quantitative estimate of drug-likeness (QED) is 0.785. The van der Waals surface area contributed by atoms with Gasteiger partial charge in [-0.2, -0.15) is 0 Å². The van der Waals surface area contributed by atoms with Crippen molar-refractivity contribution in [3.05, 3.63) is 47.5 Å². The molecule has 5 heteroatoms. The SMILES string of the molecule is Cc1ccc(N)c(C(=O)N2CCn3ccnc3C2)c1. The number of amides is 1.